The first-order valence-corrected chi connectivity index (χ1v) is 5.09. The molecule has 0 aliphatic carbocycles. The maximum atomic E-state index is 10.7. The van der Waals surface area contributed by atoms with Crippen molar-refractivity contribution < 1.29 is 19.6 Å². The first-order valence-electron chi connectivity index (χ1n) is 5.09. The smallest absolute Gasteiger partial charge is 0.311 e. The molecule has 0 saturated carbocycles. The number of carbonyl (C=O) groups excluding carboxylic acids is 1. The van der Waals surface area contributed by atoms with Crippen molar-refractivity contribution >= 4 is 12.0 Å². The lowest BCUT2D eigenvalue weighted by Gasteiger charge is -2.08. The first-order chi connectivity index (χ1) is 8.04. The highest BCUT2D eigenvalue weighted by Crippen LogP contribution is 2.27. The van der Waals surface area contributed by atoms with E-state index >= 15 is 0 Å². The van der Waals surface area contributed by atoms with Crippen LogP contribution in [0, 0.1) is 10.1 Å². The van der Waals surface area contributed by atoms with Gasteiger partial charge in [-0.05, 0) is 19.1 Å². The van der Waals surface area contributed by atoms with Gasteiger partial charge in [0.15, 0.2) is 5.75 Å². The van der Waals surface area contributed by atoms with Crippen LogP contribution in [0.2, 0.25) is 0 Å². The van der Waals surface area contributed by atoms with Crippen LogP contribution in [0.1, 0.15) is 23.7 Å². The van der Waals surface area contributed by atoms with Gasteiger partial charge in [0, 0.05) is 18.1 Å². The number of aliphatic hydroxyl groups excluding tert-OH is 1. The fourth-order valence-electron chi connectivity index (χ4n) is 1.21. The second-order valence-corrected chi connectivity index (χ2v) is 3.59. The largest absolute Gasteiger partial charge is 0.487 e. The van der Waals surface area contributed by atoms with Gasteiger partial charge in [0.25, 0.3) is 0 Å². The van der Waals surface area contributed by atoms with Gasteiger partial charge in [0.1, 0.15) is 6.29 Å². The number of benzene rings is 1. The molecule has 0 heterocycles. The number of hydrogen-bond acceptors (Lipinski definition) is 5. The predicted molar refractivity (Wildman–Crippen MR) is 60.3 cm³/mol. The van der Waals surface area contributed by atoms with E-state index < -0.39 is 11.0 Å². The Morgan fingerprint density at radius 3 is 2.82 bits per heavy atom. The predicted octanol–water partition coefficient (Wildman–Crippen LogP) is 1.56. The molecule has 0 aliphatic rings. The van der Waals surface area contributed by atoms with Crippen LogP contribution < -0.4 is 4.74 Å². The van der Waals surface area contributed by atoms with Gasteiger partial charge >= 0.3 is 5.69 Å². The van der Waals surface area contributed by atoms with Gasteiger partial charge in [-0.3, -0.25) is 14.9 Å². The normalized spacial score (nSPS) is 11.9. The zero-order valence-electron chi connectivity index (χ0n) is 9.33. The summed E-state index contributed by atoms with van der Waals surface area (Å²) in [5.74, 6) is 0.0984. The number of rotatable bonds is 6. The monoisotopic (exact) mass is 239 g/mol. The summed E-state index contributed by atoms with van der Waals surface area (Å²) in [6, 6.07) is 3.98. The van der Waals surface area contributed by atoms with E-state index in [4.69, 9.17) is 9.84 Å². The molecular formula is C11H13NO5. The lowest BCUT2D eigenvalue weighted by Crippen LogP contribution is -2.08. The lowest BCUT2D eigenvalue weighted by atomic mass is 10.2. The number of nitro groups is 1. The second-order valence-electron chi connectivity index (χ2n) is 3.59. The zero-order valence-corrected chi connectivity index (χ0v) is 9.33. The number of hydrogen-bond donors (Lipinski definition) is 1. The molecular weight excluding hydrogens is 226 g/mol. The topological polar surface area (TPSA) is 89.7 Å². The molecule has 0 aliphatic heterocycles. The van der Waals surface area contributed by atoms with E-state index in [1.165, 1.54) is 12.1 Å². The minimum atomic E-state index is -0.606. The molecule has 1 aromatic carbocycles. The van der Waals surface area contributed by atoms with Crippen LogP contribution in [0.25, 0.3) is 0 Å². The van der Waals surface area contributed by atoms with Gasteiger partial charge in [-0.15, -0.1) is 0 Å². The summed E-state index contributed by atoms with van der Waals surface area (Å²) in [6.45, 7) is 1.78. The maximum absolute atomic E-state index is 10.7. The Kier molecular flexibility index (Phi) is 4.59. The molecule has 17 heavy (non-hydrogen) atoms. The Balaban J connectivity index is 2.83. The van der Waals surface area contributed by atoms with E-state index in [-0.39, 0.29) is 23.6 Å². The van der Waals surface area contributed by atoms with Crippen molar-refractivity contribution in [2.45, 2.75) is 19.4 Å². The molecule has 0 radical (unpaired) electrons. The van der Waals surface area contributed by atoms with Crippen LogP contribution >= 0.6 is 0 Å². The van der Waals surface area contributed by atoms with Crippen molar-refractivity contribution in [3.8, 4) is 5.75 Å². The summed E-state index contributed by atoms with van der Waals surface area (Å²) in [7, 11) is 0. The van der Waals surface area contributed by atoms with Gasteiger partial charge in [-0.25, -0.2) is 0 Å². The SMILES string of the molecule is CC(O)CCOc1ccc(C=O)cc1[N+](=O)[O-]. The van der Waals surface area contributed by atoms with Crippen LogP contribution in [0.3, 0.4) is 0 Å². The van der Waals surface area contributed by atoms with Crippen LogP contribution in [-0.4, -0.2) is 29.0 Å². The zero-order chi connectivity index (χ0) is 12.8. The first kappa shape index (κ1) is 13.1. The van der Waals surface area contributed by atoms with E-state index in [0.29, 0.717) is 12.7 Å². The number of nitro benzene ring substituents is 1. The van der Waals surface area contributed by atoms with Crippen LogP contribution in [0.15, 0.2) is 18.2 Å². The summed E-state index contributed by atoms with van der Waals surface area (Å²) >= 11 is 0. The Morgan fingerprint density at radius 2 is 2.29 bits per heavy atom. The average molecular weight is 239 g/mol. The van der Waals surface area contributed by atoms with Gasteiger partial charge in [0.05, 0.1) is 17.6 Å². The molecule has 6 heteroatoms. The fraction of sp³-hybridized carbons (Fsp3) is 0.364. The van der Waals surface area contributed by atoms with E-state index in [9.17, 15) is 14.9 Å². The number of aldehydes is 1. The van der Waals surface area contributed by atoms with Crippen molar-refractivity contribution in [1.29, 1.82) is 0 Å². The molecule has 1 N–H and O–H groups in total. The van der Waals surface area contributed by atoms with Crippen molar-refractivity contribution in [3.63, 3.8) is 0 Å². The highest BCUT2D eigenvalue weighted by Gasteiger charge is 2.15. The second kappa shape index (κ2) is 5.95. The third-order valence-corrected chi connectivity index (χ3v) is 2.11. The Labute approximate surface area is 98.0 Å². The highest BCUT2D eigenvalue weighted by molar-refractivity contribution is 5.77. The van der Waals surface area contributed by atoms with Gasteiger partial charge < -0.3 is 9.84 Å². The molecule has 92 valence electrons. The summed E-state index contributed by atoms with van der Waals surface area (Å²) < 4.78 is 5.19. The molecule has 0 bridgehead atoms. The van der Waals surface area contributed by atoms with E-state index in [1.807, 2.05) is 0 Å². The van der Waals surface area contributed by atoms with E-state index in [1.54, 1.807) is 6.92 Å². The molecule has 6 nitrogen and oxygen atoms in total. The van der Waals surface area contributed by atoms with E-state index in [2.05, 4.69) is 0 Å². The minimum Gasteiger partial charge on any atom is -0.487 e. The molecule has 0 spiro atoms. The molecule has 1 unspecified atom stereocenters. The Bertz CT molecular complexity index is 416. The quantitative estimate of drug-likeness (QED) is 0.462. The molecule has 0 saturated heterocycles. The van der Waals surface area contributed by atoms with Gasteiger partial charge in [0.2, 0.25) is 0 Å². The molecule has 0 amide bonds. The molecule has 1 atom stereocenters. The molecule has 0 fully saturated rings. The van der Waals surface area contributed by atoms with E-state index in [0.717, 1.165) is 6.07 Å². The highest BCUT2D eigenvalue weighted by atomic mass is 16.6. The number of aliphatic hydroxyl groups is 1. The Hall–Kier alpha value is -1.95. The third-order valence-electron chi connectivity index (χ3n) is 2.11. The number of carbonyl (C=O) groups is 1. The minimum absolute atomic E-state index is 0.0984. The van der Waals surface area contributed by atoms with Crippen molar-refractivity contribution in [2.75, 3.05) is 6.61 Å². The lowest BCUT2D eigenvalue weighted by molar-refractivity contribution is -0.385. The number of ether oxygens (including phenoxy) is 1. The molecule has 0 aromatic heterocycles. The Morgan fingerprint density at radius 1 is 1.59 bits per heavy atom. The molecule has 1 aromatic rings. The molecule has 1 rings (SSSR count). The van der Waals surface area contributed by atoms with Gasteiger partial charge in [-0.2, -0.15) is 0 Å². The standard InChI is InChI=1S/C11H13NO5/c1-8(14)4-5-17-11-3-2-9(7-13)6-10(11)12(15)16/h2-3,6-8,14H,4-5H2,1H3. The van der Waals surface area contributed by atoms with Crippen LogP contribution in [-0.2, 0) is 0 Å². The summed E-state index contributed by atoms with van der Waals surface area (Å²) in [6.07, 6.45) is 0.391. The van der Waals surface area contributed by atoms with Crippen molar-refractivity contribution in [1.82, 2.24) is 0 Å². The number of nitrogens with zero attached hydrogens (tertiary/aromatic N) is 1. The van der Waals surface area contributed by atoms with Gasteiger partial charge in [-0.1, -0.05) is 0 Å². The summed E-state index contributed by atoms with van der Waals surface area (Å²) in [5.41, 5.74) is -0.0280. The third kappa shape index (κ3) is 3.84. The van der Waals surface area contributed by atoms with Crippen molar-refractivity contribution in [2.24, 2.45) is 0 Å². The van der Waals surface area contributed by atoms with Crippen molar-refractivity contribution in [3.05, 3.63) is 33.9 Å². The average Bonchev–Trinajstić information content (AvgIpc) is 2.28. The summed E-state index contributed by atoms with van der Waals surface area (Å²) in [5, 5.41) is 19.8. The summed E-state index contributed by atoms with van der Waals surface area (Å²) in [4.78, 5) is 20.6. The maximum Gasteiger partial charge on any atom is 0.311 e. The fourth-order valence-corrected chi connectivity index (χ4v) is 1.21. The van der Waals surface area contributed by atoms with Crippen LogP contribution in [0.4, 0.5) is 5.69 Å². The van der Waals surface area contributed by atoms with Crippen LogP contribution in [0.5, 0.6) is 5.75 Å².